The van der Waals surface area contributed by atoms with Crippen LogP contribution in [-0.2, 0) is 0 Å². The number of fused-ring (bicyclic) bond motifs is 1. The number of thiophene rings is 1. The van der Waals surface area contributed by atoms with Gasteiger partial charge in [-0.05, 0) is 31.5 Å². The van der Waals surface area contributed by atoms with E-state index in [4.69, 9.17) is 4.42 Å². The first-order valence-corrected chi connectivity index (χ1v) is 7.34. The molecule has 0 aliphatic carbocycles. The van der Waals surface area contributed by atoms with Gasteiger partial charge in [0.15, 0.2) is 11.6 Å². The lowest BCUT2D eigenvalue weighted by Crippen LogP contribution is -2.21. The fourth-order valence-corrected chi connectivity index (χ4v) is 3.52. The number of carbonyl (C=O) groups is 1. The number of rotatable bonds is 2. The second-order valence-electron chi connectivity index (χ2n) is 5.05. The van der Waals surface area contributed by atoms with Crippen LogP contribution in [0.2, 0.25) is 0 Å². The van der Waals surface area contributed by atoms with Crippen LogP contribution in [0.25, 0.3) is 21.8 Å². The summed E-state index contributed by atoms with van der Waals surface area (Å²) in [5.74, 6) is 1.18. The van der Waals surface area contributed by atoms with Gasteiger partial charge >= 0.3 is 0 Å². The SMILES string of the molecule is Cc1nc(-c2ccco2)nc2sc(C(=O)N(C)C)c(C)c12. The Kier molecular flexibility index (Phi) is 3.25. The number of hydrogen-bond acceptors (Lipinski definition) is 5. The summed E-state index contributed by atoms with van der Waals surface area (Å²) in [5.41, 5.74) is 1.80. The molecule has 3 aromatic rings. The van der Waals surface area contributed by atoms with Gasteiger partial charge in [0, 0.05) is 19.5 Å². The number of aryl methyl sites for hydroxylation is 2. The first kappa shape index (κ1) is 13.8. The van der Waals surface area contributed by atoms with E-state index in [1.807, 2.05) is 19.9 Å². The normalized spacial score (nSPS) is 11.0. The van der Waals surface area contributed by atoms with Crippen molar-refractivity contribution in [3.8, 4) is 11.6 Å². The Bertz CT molecular complexity index is 819. The summed E-state index contributed by atoms with van der Waals surface area (Å²) in [7, 11) is 3.50. The van der Waals surface area contributed by atoms with Crippen LogP contribution in [0.3, 0.4) is 0 Å². The van der Waals surface area contributed by atoms with Gasteiger partial charge < -0.3 is 9.32 Å². The van der Waals surface area contributed by atoms with Gasteiger partial charge in [0.2, 0.25) is 0 Å². The average Bonchev–Trinajstić information content (AvgIpc) is 3.06. The summed E-state index contributed by atoms with van der Waals surface area (Å²) in [6.45, 7) is 3.87. The van der Waals surface area contributed by atoms with Crippen molar-refractivity contribution in [2.45, 2.75) is 13.8 Å². The second kappa shape index (κ2) is 4.96. The Morgan fingerprint density at radius 1 is 1.29 bits per heavy atom. The number of hydrogen-bond donors (Lipinski definition) is 0. The monoisotopic (exact) mass is 301 g/mol. The van der Waals surface area contributed by atoms with E-state index < -0.39 is 0 Å². The van der Waals surface area contributed by atoms with Gasteiger partial charge in [0.05, 0.1) is 16.8 Å². The van der Waals surface area contributed by atoms with Gasteiger partial charge in [0.25, 0.3) is 5.91 Å². The van der Waals surface area contributed by atoms with E-state index in [9.17, 15) is 4.79 Å². The summed E-state index contributed by atoms with van der Waals surface area (Å²) in [4.78, 5) is 24.4. The quantitative estimate of drug-likeness (QED) is 0.729. The lowest BCUT2D eigenvalue weighted by molar-refractivity contribution is 0.0831. The van der Waals surface area contributed by atoms with Crippen LogP contribution in [-0.4, -0.2) is 34.9 Å². The summed E-state index contributed by atoms with van der Waals surface area (Å²) < 4.78 is 5.35. The van der Waals surface area contributed by atoms with Crippen molar-refractivity contribution in [1.29, 1.82) is 0 Å². The first-order valence-electron chi connectivity index (χ1n) is 6.52. The Morgan fingerprint density at radius 2 is 2.05 bits per heavy atom. The Hall–Kier alpha value is -2.21. The lowest BCUT2D eigenvalue weighted by atomic mass is 10.1. The highest BCUT2D eigenvalue weighted by Gasteiger charge is 2.20. The molecule has 0 fully saturated rings. The molecule has 5 nitrogen and oxygen atoms in total. The summed E-state index contributed by atoms with van der Waals surface area (Å²) >= 11 is 1.40. The first-order chi connectivity index (χ1) is 9.99. The van der Waals surface area contributed by atoms with Gasteiger partial charge in [0.1, 0.15) is 4.83 Å². The zero-order valence-electron chi connectivity index (χ0n) is 12.3. The molecule has 108 valence electrons. The predicted octanol–water partition coefficient (Wildman–Crippen LogP) is 3.27. The van der Waals surface area contributed by atoms with Gasteiger partial charge in [-0.15, -0.1) is 11.3 Å². The molecule has 0 spiro atoms. The Balaban J connectivity index is 2.22. The molecule has 3 aromatic heterocycles. The zero-order chi connectivity index (χ0) is 15.1. The van der Waals surface area contributed by atoms with E-state index in [-0.39, 0.29) is 5.91 Å². The predicted molar refractivity (Wildman–Crippen MR) is 82.6 cm³/mol. The van der Waals surface area contributed by atoms with Crippen LogP contribution in [0.4, 0.5) is 0 Å². The maximum Gasteiger partial charge on any atom is 0.263 e. The fourth-order valence-electron chi connectivity index (χ4n) is 2.26. The molecule has 0 N–H and O–H groups in total. The van der Waals surface area contributed by atoms with Crippen molar-refractivity contribution < 1.29 is 9.21 Å². The molecular formula is C15H15N3O2S. The van der Waals surface area contributed by atoms with Crippen molar-refractivity contribution in [2.75, 3.05) is 14.1 Å². The smallest absolute Gasteiger partial charge is 0.263 e. The van der Waals surface area contributed by atoms with Crippen LogP contribution in [0.15, 0.2) is 22.8 Å². The van der Waals surface area contributed by atoms with Crippen LogP contribution in [0.5, 0.6) is 0 Å². The highest BCUT2D eigenvalue weighted by atomic mass is 32.1. The maximum atomic E-state index is 12.2. The third-order valence-corrected chi connectivity index (χ3v) is 4.49. The van der Waals surface area contributed by atoms with Crippen LogP contribution >= 0.6 is 11.3 Å². The molecule has 3 heterocycles. The molecule has 0 aliphatic rings. The van der Waals surface area contributed by atoms with E-state index in [1.165, 1.54) is 11.3 Å². The summed E-state index contributed by atoms with van der Waals surface area (Å²) in [5, 5.41) is 0.959. The Morgan fingerprint density at radius 3 is 2.67 bits per heavy atom. The molecule has 0 bridgehead atoms. The maximum absolute atomic E-state index is 12.2. The van der Waals surface area contributed by atoms with Crippen molar-refractivity contribution >= 4 is 27.5 Å². The van der Waals surface area contributed by atoms with Crippen LogP contribution in [0.1, 0.15) is 20.9 Å². The standard InChI is InChI=1S/C15H15N3O2S/c1-8-11-9(2)16-13(10-6-5-7-20-10)17-14(11)21-12(8)15(19)18(3)4/h5-7H,1-4H3. The third-order valence-electron chi connectivity index (χ3n) is 3.31. The number of aromatic nitrogens is 2. The molecule has 0 saturated carbocycles. The molecule has 0 radical (unpaired) electrons. The van der Waals surface area contributed by atoms with Crippen molar-refractivity contribution in [2.24, 2.45) is 0 Å². The number of amides is 1. The second-order valence-corrected chi connectivity index (χ2v) is 6.04. The zero-order valence-corrected chi connectivity index (χ0v) is 13.1. The molecule has 21 heavy (non-hydrogen) atoms. The molecule has 3 rings (SSSR count). The topological polar surface area (TPSA) is 59.2 Å². The molecule has 0 unspecified atom stereocenters. The van der Waals surface area contributed by atoms with Gasteiger partial charge in [-0.1, -0.05) is 0 Å². The highest BCUT2D eigenvalue weighted by Crippen LogP contribution is 2.33. The fraction of sp³-hybridized carbons (Fsp3) is 0.267. The average molecular weight is 301 g/mol. The number of furan rings is 1. The van der Waals surface area contributed by atoms with Crippen molar-refractivity contribution in [1.82, 2.24) is 14.9 Å². The van der Waals surface area contributed by atoms with Crippen molar-refractivity contribution in [3.05, 3.63) is 34.5 Å². The van der Waals surface area contributed by atoms with E-state index >= 15 is 0 Å². The van der Waals surface area contributed by atoms with Gasteiger partial charge in [-0.3, -0.25) is 4.79 Å². The minimum Gasteiger partial charge on any atom is -0.461 e. The molecule has 0 aromatic carbocycles. The van der Waals surface area contributed by atoms with Crippen LogP contribution < -0.4 is 0 Å². The largest absolute Gasteiger partial charge is 0.461 e. The minimum absolute atomic E-state index is 0.00514. The number of nitrogens with zero attached hydrogens (tertiary/aromatic N) is 3. The van der Waals surface area contributed by atoms with E-state index in [0.29, 0.717) is 16.5 Å². The summed E-state index contributed by atoms with van der Waals surface area (Å²) in [6.07, 6.45) is 1.60. The van der Waals surface area contributed by atoms with Gasteiger partial charge in [-0.2, -0.15) is 0 Å². The highest BCUT2D eigenvalue weighted by molar-refractivity contribution is 7.20. The van der Waals surface area contributed by atoms with E-state index in [1.54, 1.807) is 31.3 Å². The lowest BCUT2D eigenvalue weighted by Gasteiger charge is -2.08. The molecule has 6 heteroatoms. The van der Waals surface area contributed by atoms with Crippen LogP contribution in [0, 0.1) is 13.8 Å². The van der Waals surface area contributed by atoms with Crippen molar-refractivity contribution in [3.63, 3.8) is 0 Å². The third kappa shape index (κ3) is 2.21. The summed E-state index contributed by atoms with van der Waals surface area (Å²) in [6, 6.07) is 3.63. The Labute approximate surface area is 126 Å². The van der Waals surface area contributed by atoms with E-state index in [0.717, 1.165) is 21.5 Å². The van der Waals surface area contributed by atoms with Gasteiger partial charge in [-0.25, -0.2) is 9.97 Å². The molecule has 0 saturated heterocycles. The molecule has 0 aliphatic heterocycles. The van der Waals surface area contributed by atoms with E-state index in [2.05, 4.69) is 9.97 Å². The molecule has 1 amide bonds. The minimum atomic E-state index is -0.00514. The molecule has 0 atom stereocenters. The molecular weight excluding hydrogens is 286 g/mol. The number of carbonyl (C=O) groups excluding carboxylic acids is 1.